The van der Waals surface area contributed by atoms with Gasteiger partial charge in [-0.2, -0.15) is 27.1 Å². The number of hydrogen-bond acceptors (Lipinski definition) is 5. The molecule has 2 heterocycles. The molecule has 0 fully saturated rings. The Kier molecular flexibility index (Phi) is 8.79. The maximum absolute atomic E-state index is 13.6. The molecule has 0 saturated carbocycles. The van der Waals surface area contributed by atoms with Gasteiger partial charge >= 0.3 is 12.1 Å². The van der Waals surface area contributed by atoms with Crippen molar-refractivity contribution in [2.75, 3.05) is 11.5 Å². The van der Waals surface area contributed by atoms with Gasteiger partial charge in [0.2, 0.25) is 0 Å². The predicted molar refractivity (Wildman–Crippen MR) is 125 cm³/mol. The number of benzene rings is 1. The van der Waals surface area contributed by atoms with Crippen molar-refractivity contribution < 1.29 is 30.7 Å². The summed E-state index contributed by atoms with van der Waals surface area (Å²) < 4.78 is 92.0. The Labute approximate surface area is 201 Å². The number of aliphatic imine (C=N–C) groups is 1. The minimum atomic E-state index is -5.72. The van der Waals surface area contributed by atoms with E-state index in [0.717, 1.165) is 25.4 Å². The van der Waals surface area contributed by atoms with Gasteiger partial charge in [0.05, 0.1) is 17.9 Å². The first-order valence-electron chi connectivity index (χ1n) is 10.5. The van der Waals surface area contributed by atoms with E-state index in [1.165, 1.54) is 30.0 Å². The third kappa shape index (κ3) is 6.65. The maximum Gasteiger partial charge on any atom is 0.455 e. The van der Waals surface area contributed by atoms with E-state index >= 15 is 0 Å². The van der Waals surface area contributed by atoms with Crippen LogP contribution in [0.15, 0.2) is 41.7 Å². The average molecular weight is 524 g/mol. The molecular weight excluding hydrogens is 499 g/mol. The molecule has 192 valence electrons. The number of nitrogen functional groups attached to an aromatic ring is 1. The fourth-order valence-electron chi connectivity index (χ4n) is 2.87. The lowest BCUT2D eigenvalue weighted by Crippen LogP contribution is -2.40. The van der Waals surface area contributed by atoms with Crippen molar-refractivity contribution in [3.8, 4) is 0 Å². The number of rotatable bonds is 6. The predicted octanol–water partition coefficient (Wildman–Crippen LogP) is 7.18. The zero-order valence-electron chi connectivity index (χ0n) is 19.3. The van der Waals surface area contributed by atoms with Gasteiger partial charge in [-0.05, 0) is 24.0 Å². The van der Waals surface area contributed by atoms with Crippen LogP contribution in [-0.4, -0.2) is 37.7 Å². The number of nitrogens with two attached hydrogens (primary N) is 1. The number of aromatic nitrogens is 3. The highest BCUT2D eigenvalue weighted by molar-refractivity contribution is 8.14. The van der Waals surface area contributed by atoms with Gasteiger partial charge in [-0.15, -0.1) is 11.8 Å². The van der Waals surface area contributed by atoms with Crippen molar-refractivity contribution in [3.63, 3.8) is 0 Å². The average Bonchev–Trinajstić information content (AvgIpc) is 3.15. The topological polar surface area (TPSA) is 69.1 Å². The second kappa shape index (κ2) is 10.8. The van der Waals surface area contributed by atoms with Crippen LogP contribution in [0.25, 0.3) is 10.9 Å². The number of alkyl halides is 7. The van der Waals surface area contributed by atoms with Crippen molar-refractivity contribution in [2.24, 2.45) is 4.99 Å². The van der Waals surface area contributed by atoms with Crippen molar-refractivity contribution in [1.29, 1.82) is 0 Å². The van der Waals surface area contributed by atoms with E-state index in [-0.39, 0.29) is 28.0 Å². The Balaban J connectivity index is 0.00000210. The van der Waals surface area contributed by atoms with Gasteiger partial charge in [-0.3, -0.25) is 4.68 Å². The minimum Gasteiger partial charge on any atom is -0.398 e. The van der Waals surface area contributed by atoms with Crippen LogP contribution in [0.4, 0.5) is 42.2 Å². The number of anilines is 1. The third-order valence-corrected chi connectivity index (χ3v) is 5.44. The van der Waals surface area contributed by atoms with E-state index in [0.29, 0.717) is 21.0 Å². The molecule has 2 N–H and O–H groups in total. The Bertz CT molecular complexity index is 1180. The molecule has 0 atom stereocenters. The SMILES string of the molecule is CC.CCSC(=Nc1cc2cnn(CC(F)(F)C(F)(F)F)c2cn1)c1ccc(C(C)(F)F)cc1N. The van der Waals surface area contributed by atoms with Gasteiger partial charge in [0.25, 0.3) is 5.92 Å². The molecule has 2 aromatic heterocycles. The molecule has 3 aromatic rings. The molecule has 3 rings (SSSR count). The van der Waals surface area contributed by atoms with Crippen LogP contribution in [0.3, 0.4) is 0 Å². The van der Waals surface area contributed by atoms with Gasteiger partial charge in [-0.25, -0.2) is 18.8 Å². The molecule has 0 amide bonds. The van der Waals surface area contributed by atoms with Crippen molar-refractivity contribution in [2.45, 2.75) is 52.3 Å². The molecular formula is C22H24F7N5S. The molecule has 13 heteroatoms. The molecule has 0 spiro atoms. The van der Waals surface area contributed by atoms with Crippen LogP contribution in [0.5, 0.6) is 0 Å². The standard InChI is InChI=1S/C20H18F7N5S.C2H6/c1-3-33-17(13-5-4-12(7-14(13)28)18(2,21)22)31-16-6-11-8-30-32(15(11)9-29-16)10-19(23,24)20(25,26)27;1-2/h4-9H,3,10,28H2,1-2H3;1-2H3. The summed E-state index contributed by atoms with van der Waals surface area (Å²) in [7, 11) is 0. The molecule has 0 aliphatic carbocycles. The zero-order chi connectivity index (χ0) is 26.6. The van der Waals surface area contributed by atoms with Gasteiger partial charge in [0.15, 0.2) is 5.82 Å². The first-order chi connectivity index (χ1) is 16.2. The summed E-state index contributed by atoms with van der Waals surface area (Å²) in [6.07, 6.45) is -3.50. The monoisotopic (exact) mass is 523 g/mol. The molecule has 1 aromatic carbocycles. The Hall–Kier alpha value is -2.83. The highest BCUT2D eigenvalue weighted by Crippen LogP contribution is 2.37. The van der Waals surface area contributed by atoms with Crippen LogP contribution in [0.1, 0.15) is 38.8 Å². The summed E-state index contributed by atoms with van der Waals surface area (Å²) in [5.41, 5.74) is 6.16. The molecule has 0 saturated heterocycles. The van der Waals surface area contributed by atoms with Crippen LogP contribution in [0, 0.1) is 0 Å². The van der Waals surface area contributed by atoms with Gasteiger partial charge in [0, 0.05) is 29.1 Å². The number of pyridine rings is 1. The zero-order valence-corrected chi connectivity index (χ0v) is 20.1. The minimum absolute atomic E-state index is 0.0309. The normalized spacial score (nSPS) is 13.1. The number of hydrogen-bond donors (Lipinski definition) is 1. The summed E-state index contributed by atoms with van der Waals surface area (Å²) in [5.74, 6) is -7.36. The van der Waals surface area contributed by atoms with E-state index in [9.17, 15) is 30.7 Å². The molecule has 0 bridgehead atoms. The fraction of sp³-hybridized carbons (Fsp3) is 0.409. The fourth-order valence-corrected chi connectivity index (χ4v) is 3.64. The quantitative estimate of drug-likeness (QED) is 0.161. The van der Waals surface area contributed by atoms with Crippen LogP contribution >= 0.6 is 11.8 Å². The Morgan fingerprint density at radius 2 is 1.71 bits per heavy atom. The highest BCUT2D eigenvalue weighted by atomic mass is 32.2. The number of thioether (sulfide) groups is 1. The largest absolute Gasteiger partial charge is 0.455 e. The number of nitrogens with zero attached hydrogens (tertiary/aromatic N) is 4. The second-order valence-corrected chi connectivity index (χ2v) is 8.40. The van der Waals surface area contributed by atoms with Crippen molar-refractivity contribution in [3.05, 3.63) is 47.8 Å². The Morgan fingerprint density at radius 1 is 1.06 bits per heavy atom. The maximum atomic E-state index is 13.6. The molecule has 0 unspecified atom stereocenters. The lowest BCUT2D eigenvalue weighted by molar-refractivity contribution is -0.287. The van der Waals surface area contributed by atoms with E-state index in [4.69, 9.17) is 5.73 Å². The van der Waals surface area contributed by atoms with Crippen LogP contribution in [-0.2, 0) is 12.5 Å². The lowest BCUT2D eigenvalue weighted by atomic mass is 10.1. The summed E-state index contributed by atoms with van der Waals surface area (Å²) in [5, 5.41) is 4.23. The summed E-state index contributed by atoms with van der Waals surface area (Å²) >= 11 is 1.27. The summed E-state index contributed by atoms with van der Waals surface area (Å²) in [6.45, 7) is 4.90. The molecule has 0 radical (unpaired) electrons. The molecule has 0 aliphatic rings. The number of fused-ring (bicyclic) bond motifs is 1. The van der Waals surface area contributed by atoms with E-state index in [2.05, 4.69) is 15.1 Å². The van der Waals surface area contributed by atoms with E-state index < -0.39 is 24.6 Å². The smallest absolute Gasteiger partial charge is 0.398 e. The van der Waals surface area contributed by atoms with Crippen LogP contribution < -0.4 is 5.73 Å². The highest BCUT2D eigenvalue weighted by Gasteiger charge is 2.57. The van der Waals surface area contributed by atoms with E-state index in [1.807, 2.05) is 20.8 Å². The molecule has 5 nitrogen and oxygen atoms in total. The summed E-state index contributed by atoms with van der Waals surface area (Å²) in [4.78, 5) is 8.40. The Morgan fingerprint density at radius 3 is 2.26 bits per heavy atom. The van der Waals surface area contributed by atoms with Crippen molar-refractivity contribution >= 4 is 39.2 Å². The summed E-state index contributed by atoms with van der Waals surface area (Å²) in [6, 6.07) is 5.17. The third-order valence-electron chi connectivity index (χ3n) is 4.56. The first kappa shape index (κ1) is 28.4. The molecule has 0 aliphatic heterocycles. The van der Waals surface area contributed by atoms with Gasteiger partial charge < -0.3 is 5.73 Å². The molecule has 35 heavy (non-hydrogen) atoms. The van der Waals surface area contributed by atoms with Gasteiger partial charge in [-0.1, -0.05) is 26.8 Å². The van der Waals surface area contributed by atoms with Gasteiger partial charge in [0.1, 0.15) is 11.6 Å². The van der Waals surface area contributed by atoms with Crippen LogP contribution in [0.2, 0.25) is 0 Å². The first-order valence-corrected chi connectivity index (χ1v) is 11.5. The lowest BCUT2D eigenvalue weighted by Gasteiger charge is -2.19. The van der Waals surface area contributed by atoms with Crippen molar-refractivity contribution in [1.82, 2.24) is 14.8 Å². The second-order valence-electron chi connectivity index (χ2n) is 7.15. The van der Waals surface area contributed by atoms with E-state index in [1.54, 1.807) is 0 Å². The number of halogens is 7.